The number of hydrogen-bond donors (Lipinski definition) is 3. The second-order valence-electron chi connectivity index (χ2n) is 6.51. The van der Waals surface area contributed by atoms with Gasteiger partial charge < -0.3 is 19.9 Å². The number of carbonyl (C=O) groups excluding carboxylic acids is 2. The molecule has 3 N–H and O–H groups in total. The first-order valence-electron chi connectivity index (χ1n) is 8.91. The van der Waals surface area contributed by atoms with E-state index in [1.165, 1.54) is 0 Å². The Balaban J connectivity index is 1.65. The van der Waals surface area contributed by atoms with Crippen LogP contribution in [0.25, 0.3) is 0 Å². The number of nitrogens with zero attached hydrogens (tertiary/aromatic N) is 3. The van der Waals surface area contributed by atoms with Crippen molar-refractivity contribution in [2.45, 2.75) is 19.9 Å². The summed E-state index contributed by atoms with van der Waals surface area (Å²) >= 11 is 0. The van der Waals surface area contributed by atoms with Crippen molar-refractivity contribution in [1.82, 2.24) is 25.4 Å². The van der Waals surface area contributed by atoms with Crippen LogP contribution in [0.2, 0.25) is 0 Å². The molecule has 3 heterocycles. The van der Waals surface area contributed by atoms with Crippen LogP contribution < -0.4 is 15.4 Å². The van der Waals surface area contributed by atoms with Crippen molar-refractivity contribution in [2.75, 3.05) is 32.7 Å². The summed E-state index contributed by atoms with van der Waals surface area (Å²) in [7, 11) is 0. The Hall–Kier alpha value is -2.94. The minimum Gasteiger partial charge on any atom is -0.458 e. The molecular formula is C18H24N6O3. The van der Waals surface area contributed by atoms with Crippen molar-refractivity contribution in [3.05, 3.63) is 35.9 Å². The van der Waals surface area contributed by atoms with Gasteiger partial charge in [0.25, 0.3) is 5.91 Å². The summed E-state index contributed by atoms with van der Waals surface area (Å²) in [6, 6.07) is 1.92. The number of aromatic nitrogens is 1. The smallest absolute Gasteiger partial charge is 0.322 e. The molecule has 3 rings (SSSR count). The van der Waals surface area contributed by atoms with Gasteiger partial charge in [-0.3, -0.25) is 15.5 Å². The molecule has 0 aliphatic carbocycles. The van der Waals surface area contributed by atoms with Crippen LogP contribution in [0.1, 0.15) is 18.3 Å². The summed E-state index contributed by atoms with van der Waals surface area (Å²) in [5, 5.41) is 13.0. The van der Waals surface area contributed by atoms with Crippen LogP contribution in [0.4, 0.5) is 4.79 Å². The van der Waals surface area contributed by atoms with Crippen LogP contribution in [0.3, 0.4) is 0 Å². The van der Waals surface area contributed by atoms with E-state index in [-0.39, 0.29) is 5.76 Å². The number of nitrogens with one attached hydrogen (secondary N) is 3. The van der Waals surface area contributed by atoms with Crippen LogP contribution in [0.15, 0.2) is 24.5 Å². The average molecular weight is 372 g/mol. The zero-order valence-corrected chi connectivity index (χ0v) is 15.5. The molecular weight excluding hydrogens is 348 g/mol. The lowest BCUT2D eigenvalue weighted by Crippen LogP contribution is -2.48. The number of piperazine rings is 1. The topological polar surface area (TPSA) is 111 Å². The van der Waals surface area contributed by atoms with Gasteiger partial charge in [-0.1, -0.05) is 13.5 Å². The Morgan fingerprint density at radius 3 is 2.59 bits per heavy atom. The number of rotatable bonds is 5. The quantitative estimate of drug-likeness (QED) is 0.300. The molecule has 0 aromatic carbocycles. The third kappa shape index (κ3) is 4.08. The predicted molar refractivity (Wildman–Crippen MR) is 99.7 cm³/mol. The molecule has 2 fully saturated rings. The number of pyridine rings is 1. The summed E-state index contributed by atoms with van der Waals surface area (Å²) < 4.78 is 5.63. The van der Waals surface area contributed by atoms with E-state index in [2.05, 4.69) is 34.0 Å². The molecule has 0 radical (unpaired) electrons. The maximum Gasteiger partial charge on any atom is 0.322 e. The van der Waals surface area contributed by atoms with Gasteiger partial charge in [-0.2, -0.15) is 0 Å². The number of amides is 3. The zero-order chi connectivity index (χ0) is 19.6. The minimum atomic E-state index is -0.926. The molecule has 9 heteroatoms. The zero-order valence-electron chi connectivity index (χ0n) is 15.5. The Morgan fingerprint density at radius 2 is 2.04 bits per heavy atom. The Labute approximate surface area is 157 Å². The van der Waals surface area contributed by atoms with E-state index < -0.39 is 18.0 Å². The number of imide groups is 1. The fourth-order valence-corrected chi connectivity index (χ4v) is 3.08. The fraction of sp³-hybridized carbons (Fsp3) is 0.444. The number of ether oxygens (including phenoxy) is 1. The third-order valence-corrected chi connectivity index (χ3v) is 4.75. The molecule has 1 aromatic rings. The van der Waals surface area contributed by atoms with Gasteiger partial charge in [-0.15, -0.1) is 0 Å². The Morgan fingerprint density at radius 1 is 1.33 bits per heavy atom. The molecule has 0 spiro atoms. The number of carbonyl (C=O) groups is 2. The second-order valence-corrected chi connectivity index (χ2v) is 6.51. The van der Waals surface area contributed by atoms with E-state index in [1.807, 2.05) is 4.90 Å². The highest BCUT2D eigenvalue weighted by atomic mass is 16.5. The molecule has 2 aliphatic heterocycles. The van der Waals surface area contributed by atoms with Crippen LogP contribution >= 0.6 is 0 Å². The van der Waals surface area contributed by atoms with Gasteiger partial charge in [0.1, 0.15) is 23.0 Å². The van der Waals surface area contributed by atoms with Crippen molar-refractivity contribution in [3.63, 3.8) is 0 Å². The van der Waals surface area contributed by atoms with Gasteiger partial charge in [0.05, 0.1) is 5.69 Å². The third-order valence-electron chi connectivity index (χ3n) is 4.75. The number of urea groups is 1. The van der Waals surface area contributed by atoms with E-state index in [0.717, 1.165) is 32.7 Å². The van der Waals surface area contributed by atoms with Gasteiger partial charge in [0, 0.05) is 26.2 Å². The lowest BCUT2D eigenvalue weighted by molar-refractivity contribution is -0.119. The average Bonchev–Trinajstić information content (AvgIpc) is 3.01. The van der Waals surface area contributed by atoms with Gasteiger partial charge >= 0.3 is 6.03 Å². The van der Waals surface area contributed by atoms with Crippen LogP contribution in [-0.4, -0.2) is 71.3 Å². The molecule has 1 aromatic heterocycles. The van der Waals surface area contributed by atoms with Crippen LogP contribution in [-0.2, 0) is 4.79 Å². The first kappa shape index (κ1) is 18.8. The Bertz CT molecular complexity index is 785. The summed E-state index contributed by atoms with van der Waals surface area (Å²) in [5.41, 5.74) is 1.15. The van der Waals surface area contributed by atoms with Crippen molar-refractivity contribution in [2.24, 2.45) is 0 Å². The molecule has 0 bridgehead atoms. The first-order valence-corrected chi connectivity index (χ1v) is 8.91. The number of aryl methyl sites for hydroxylation is 1. The highest BCUT2D eigenvalue weighted by Gasteiger charge is 2.33. The molecule has 0 saturated carbocycles. The minimum absolute atomic E-state index is 0.113. The van der Waals surface area contributed by atoms with Crippen molar-refractivity contribution in [3.8, 4) is 5.75 Å². The van der Waals surface area contributed by atoms with Crippen LogP contribution in [0.5, 0.6) is 5.75 Å². The summed E-state index contributed by atoms with van der Waals surface area (Å²) in [4.78, 5) is 31.7. The maximum absolute atomic E-state index is 11.7. The van der Waals surface area contributed by atoms with Crippen LogP contribution in [0, 0.1) is 12.3 Å². The maximum atomic E-state index is 11.7. The van der Waals surface area contributed by atoms with E-state index in [4.69, 9.17) is 10.1 Å². The number of likely N-dealkylation sites (N-methyl/N-ethyl adjacent to an activating group) is 1. The molecule has 2 aliphatic rings. The van der Waals surface area contributed by atoms with Crippen molar-refractivity contribution >= 4 is 17.8 Å². The second kappa shape index (κ2) is 7.75. The van der Waals surface area contributed by atoms with E-state index >= 15 is 0 Å². The van der Waals surface area contributed by atoms with Crippen molar-refractivity contribution < 1.29 is 14.3 Å². The molecule has 3 amide bonds. The predicted octanol–water partition coefficient (Wildman–Crippen LogP) is 0.453. The van der Waals surface area contributed by atoms with Gasteiger partial charge in [0.15, 0.2) is 6.04 Å². The number of amidine groups is 1. The molecule has 27 heavy (non-hydrogen) atoms. The molecule has 1 atom stereocenters. The molecule has 1 unspecified atom stereocenters. The fourth-order valence-electron chi connectivity index (χ4n) is 3.08. The van der Waals surface area contributed by atoms with E-state index in [9.17, 15) is 9.59 Å². The number of hydrogen-bond acceptors (Lipinski definition) is 6. The summed E-state index contributed by atoms with van der Waals surface area (Å²) in [6.07, 6.45) is 0. The molecule has 2 saturated heterocycles. The summed E-state index contributed by atoms with van der Waals surface area (Å²) in [5.74, 6) is 0.435. The summed E-state index contributed by atoms with van der Waals surface area (Å²) in [6.45, 7) is 12.1. The molecule has 9 nitrogen and oxygen atoms in total. The highest BCUT2D eigenvalue weighted by Crippen LogP contribution is 2.21. The van der Waals surface area contributed by atoms with E-state index in [0.29, 0.717) is 23.0 Å². The largest absolute Gasteiger partial charge is 0.458 e. The lowest BCUT2D eigenvalue weighted by Gasteiger charge is -2.35. The highest BCUT2D eigenvalue weighted by molar-refractivity contribution is 6.05. The SMILES string of the molecule is C=C(Oc1ccc(C(=N)N2CCN(CC)CC2)nc1C)C1NC(=O)NC1=O. The molecule has 144 valence electrons. The van der Waals surface area contributed by atoms with Gasteiger partial charge in [0.2, 0.25) is 0 Å². The van der Waals surface area contributed by atoms with Gasteiger partial charge in [-0.25, -0.2) is 9.78 Å². The monoisotopic (exact) mass is 372 g/mol. The standard InChI is InChI=1S/C18H24N6O3/c1-4-23-7-9-24(10-8-23)16(19)13-5-6-14(11(2)20-13)27-12(3)15-17(25)22-18(26)21-15/h5-6,15,19H,3-4,7-10H2,1-2H3,(H2,21,22,25,26). The Kier molecular flexibility index (Phi) is 5.41. The first-order chi connectivity index (χ1) is 12.9. The van der Waals surface area contributed by atoms with Gasteiger partial charge in [-0.05, 0) is 25.6 Å². The van der Waals surface area contributed by atoms with E-state index in [1.54, 1.807) is 19.1 Å². The lowest BCUT2D eigenvalue weighted by atomic mass is 10.2. The normalized spacial score (nSPS) is 20.2. The van der Waals surface area contributed by atoms with Crippen molar-refractivity contribution in [1.29, 1.82) is 5.41 Å².